The molecule has 2 saturated heterocycles. The SMILES string of the molecule is O=C(C=Cc1ccccc1OC[C@@H](O)CN1CCC(c2ccc(Cl)c(C(F)(F)F)c2)CC1)N1CCOCC1. The fraction of sp³-hybridized carbons (Fsp3) is 0.464. The highest BCUT2D eigenvalue weighted by atomic mass is 35.5. The van der Waals surface area contributed by atoms with Crippen LogP contribution in [-0.4, -0.2) is 79.5 Å². The predicted molar refractivity (Wildman–Crippen MR) is 139 cm³/mol. The Labute approximate surface area is 225 Å². The molecule has 0 aromatic heterocycles. The molecule has 1 atom stereocenters. The maximum atomic E-state index is 13.2. The second-order valence-electron chi connectivity index (χ2n) is 9.59. The van der Waals surface area contributed by atoms with Crippen LogP contribution in [0.25, 0.3) is 6.08 Å². The van der Waals surface area contributed by atoms with Gasteiger partial charge in [-0.25, -0.2) is 0 Å². The standard InChI is InChI=1S/C28H32ClF3N2O4/c29-25-7-5-22(17-24(25)28(30,31)32)20-9-11-33(12-10-20)18-23(35)19-38-26-4-2-1-3-21(26)6-8-27(36)34-13-15-37-16-14-34/h1-8,17,20,23,35H,9-16,18-19H2/t23-/m0/s1. The van der Waals surface area contributed by atoms with Crippen LogP contribution in [0.5, 0.6) is 5.75 Å². The quantitative estimate of drug-likeness (QED) is 0.474. The van der Waals surface area contributed by atoms with E-state index in [2.05, 4.69) is 4.90 Å². The number of aliphatic hydroxyl groups is 1. The summed E-state index contributed by atoms with van der Waals surface area (Å²) in [7, 11) is 0. The Hall–Kier alpha value is -2.59. The minimum absolute atomic E-state index is 0.0110. The van der Waals surface area contributed by atoms with Gasteiger partial charge in [0, 0.05) is 31.3 Å². The molecule has 10 heteroatoms. The van der Waals surface area contributed by atoms with Gasteiger partial charge in [-0.1, -0.05) is 35.9 Å². The third kappa shape index (κ3) is 7.72. The number of hydrogen-bond donors (Lipinski definition) is 1. The third-order valence-corrected chi connectivity index (χ3v) is 7.23. The van der Waals surface area contributed by atoms with E-state index in [9.17, 15) is 23.1 Å². The first-order valence-corrected chi connectivity index (χ1v) is 13.1. The largest absolute Gasteiger partial charge is 0.490 e. The number of amides is 1. The number of carbonyl (C=O) groups excluding carboxylic acids is 1. The van der Waals surface area contributed by atoms with Crippen molar-refractivity contribution < 1.29 is 32.5 Å². The number of alkyl halides is 3. The molecule has 2 aromatic rings. The van der Waals surface area contributed by atoms with Crippen molar-refractivity contribution in [3.05, 3.63) is 70.3 Å². The number of para-hydroxylation sites is 1. The van der Waals surface area contributed by atoms with E-state index >= 15 is 0 Å². The molecule has 4 rings (SSSR count). The molecule has 38 heavy (non-hydrogen) atoms. The van der Waals surface area contributed by atoms with E-state index in [0.717, 1.165) is 11.6 Å². The van der Waals surface area contributed by atoms with Crippen LogP contribution in [0, 0.1) is 0 Å². The Morgan fingerprint density at radius 1 is 1.13 bits per heavy atom. The Morgan fingerprint density at radius 3 is 2.55 bits per heavy atom. The molecule has 2 aromatic carbocycles. The summed E-state index contributed by atoms with van der Waals surface area (Å²) in [5.41, 5.74) is 0.581. The highest BCUT2D eigenvalue weighted by Gasteiger charge is 2.34. The number of likely N-dealkylation sites (tertiary alicyclic amines) is 1. The molecule has 6 nitrogen and oxygen atoms in total. The number of halogens is 4. The van der Waals surface area contributed by atoms with Gasteiger partial charge in [0.1, 0.15) is 18.5 Å². The molecule has 2 fully saturated rings. The van der Waals surface area contributed by atoms with E-state index in [0.29, 0.717) is 70.1 Å². The molecule has 0 saturated carbocycles. The monoisotopic (exact) mass is 552 g/mol. The highest BCUT2D eigenvalue weighted by molar-refractivity contribution is 6.31. The zero-order valence-corrected chi connectivity index (χ0v) is 21.8. The lowest BCUT2D eigenvalue weighted by atomic mass is 9.88. The van der Waals surface area contributed by atoms with Crippen LogP contribution >= 0.6 is 11.6 Å². The van der Waals surface area contributed by atoms with Crippen molar-refractivity contribution in [3.8, 4) is 5.75 Å². The normalized spacial score (nSPS) is 18.6. The lowest BCUT2D eigenvalue weighted by molar-refractivity contribution is -0.137. The van der Waals surface area contributed by atoms with Crippen LogP contribution in [0.2, 0.25) is 5.02 Å². The first-order chi connectivity index (χ1) is 18.2. The van der Waals surface area contributed by atoms with Gasteiger partial charge in [0.2, 0.25) is 5.91 Å². The van der Waals surface area contributed by atoms with Crippen LogP contribution in [-0.2, 0) is 15.7 Å². The van der Waals surface area contributed by atoms with Crippen LogP contribution in [0.4, 0.5) is 13.2 Å². The van der Waals surface area contributed by atoms with E-state index in [1.54, 1.807) is 23.1 Å². The maximum Gasteiger partial charge on any atom is 0.417 e. The van der Waals surface area contributed by atoms with Gasteiger partial charge in [-0.15, -0.1) is 0 Å². The topological polar surface area (TPSA) is 62.2 Å². The average Bonchev–Trinajstić information content (AvgIpc) is 2.91. The van der Waals surface area contributed by atoms with E-state index in [1.165, 1.54) is 12.1 Å². The molecule has 0 bridgehead atoms. The van der Waals surface area contributed by atoms with Gasteiger partial charge in [0.25, 0.3) is 0 Å². The van der Waals surface area contributed by atoms with Crippen LogP contribution < -0.4 is 4.74 Å². The van der Waals surface area contributed by atoms with Crippen molar-refractivity contribution in [1.82, 2.24) is 9.80 Å². The summed E-state index contributed by atoms with van der Waals surface area (Å²) in [4.78, 5) is 16.2. The van der Waals surface area contributed by atoms with Crippen molar-refractivity contribution in [2.45, 2.75) is 31.0 Å². The summed E-state index contributed by atoms with van der Waals surface area (Å²) in [6.45, 7) is 4.01. The fourth-order valence-corrected chi connectivity index (χ4v) is 5.02. The zero-order valence-electron chi connectivity index (χ0n) is 21.0. The second-order valence-corrected chi connectivity index (χ2v) is 9.99. The first kappa shape index (κ1) is 28.4. The molecule has 0 spiro atoms. The summed E-state index contributed by atoms with van der Waals surface area (Å²) in [5.74, 6) is 0.496. The van der Waals surface area contributed by atoms with E-state index < -0.39 is 17.8 Å². The Balaban J connectivity index is 1.25. The number of carbonyl (C=O) groups is 1. The molecule has 1 N–H and O–H groups in total. The lowest BCUT2D eigenvalue weighted by Gasteiger charge is -2.33. The van der Waals surface area contributed by atoms with Crippen LogP contribution in [0.3, 0.4) is 0 Å². The number of hydrogen-bond acceptors (Lipinski definition) is 5. The van der Waals surface area contributed by atoms with Gasteiger partial charge in [-0.2, -0.15) is 13.2 Å². The molecule has 1 amide bonds. The van der Waals surface area contributed by atoms with Gasteiger partial charge in [-0.3, -0.25) is 4.79 Å². The average molecular weight is 553 g/mol. The summed E-state index contributed by atoms with van der Waals surface area (Å²) >= 11 is 5.75. The summed E-state index contributed by atoms with van der Waals surface area (Å²) < 4.78 is 50.8. The van der Waals surface area contributed by atoms with E-state index in [1.807, 2.05) is 18.2 Å². The molecule has 2 heterocycles. The van der Waals surface area contributed by atoms with Gasteiger partial charge < -0.3 is 24.4 Å². The highest BCUT2D eigenvalue weighted by Crippen LogP contribution is 2.38. The summed E-state index contributed by atoms with van der Waals surface area (Å²) in [6.07, 6.45) is -0.609. The molecular formula is C28H32ClF3N2O4. The number of aliphatic hydroxyl groups excluding tert-OH is 1. The molecule has 2 aliphatic heterocycles. The fourth-order valence-electron chi connectivity index (χ4n) is 4.80. The van der Waals surface area contributed by atoms with Crippen LogP contribution in [0.15, 0.2) is 48.5 Å². The van der Waals surface area contributed by atoms with Crippen LogP contribution in [0.1, 0.15) is 35.4 Å². The van der Waals surface area contributed by atoms with Crippen molar-refractivity contribution in [2.75, 3.05) is 52.5 Å². The Bertz CT molecular complexity index is 1110. The Kier molecular flexibility index (Phi) is 9.70. The number of nitrogens with zero attached hydrogens (tertiary/aromatic N) is 2. The van der Waals surface area contributed by atoms with Gasteiger partial charge in [0.15, 0.2) is 0 Å². The number of piperidine rings is 1. The lowest BCUT2D eigenvalue weighted by Crippen LogP contribution is -2.40. The minimum atomic E-state index is -4.48. The zero-order chi connectivity index (χ0) is 27.1. The molecule has 0 aliphatic carbocycles. The molecule has 0 unspecified atom stereocenters. The molecule has 2 aliphatic rings. The third-order valence-electron chi connectivity index (χ3n) is 6.90. The number of rotatable bonds is 8. The molecule has 206 valence electrons. The number of morpholine rings is 1. The van der Waals surface area contributed by atoms with Crippen molar-refractivity contribution >= 4 is 23.6 Å². The summed E-state index contributed by atoms with van der Waals surface area (Å²) in [5, 5.41) is 10.3. The van der Waals surface area contributed by atoms with Gasteiger partial charge in [0.05, 0.1) is 23.8 Å². The predicted octanol–water partition coefficient (Wildman–Crippen LogP) is 4.85. The van der Waals surface area contributed by atoms with Crippen molar-refractivity contribution in [2.24, 2.45) is 0 Å². The van der Waals surface area contributed by atoms with Gasteiger partial charge in [-0.05, 0) is 61.7 Å². The number of benzene rings is 2. The van der Waals surface area contributed by atoms with E-state index in [-0.39, 0.29) is 23.5 Å². The van der Waals surface area contributed by atoms with Gasteiger partial charge >= 0.3 is 6.18 Å². The van der Waals surface area contributed by atoms with E-state index in [4.69, 9.17) is 21.1 Å². The second kappa shape index (κ2) is 13.0. The number of β-amino-alcohol motifs (C(OH)–C–C–N with tert-alkyl or cyclic N) is 1. The smallest absolute Gasteiger partial charge is 0.417 e. The first-order valence-electron chi connectivity index (χ1n) is 12.7. The van der Waals surface area contributed by atoms with Crippen molar-refractivity contribution in [1.29, 1.82) is 0 Å². The minimum Gasteiger partial charge on any atom is -0.490 e. The number of ether oxygens (including phenoxy) is 2. The van der Waals surface area contributed by atoms with Crippen molar-refractivity contribution in [3.63, 3.8) is 0 Å². The summed E-state index contributed by atoms with van der Waals surface area (Å²) in [6, 6.07) is 11.5. The maximum absolute atomic E-state index is 13.2. The molecular weight excluding hydrogens is 521 g/mol. The molecule has 0 radical (unpaired) electrons. The Morgan fingerprint density at radius 2 is 1.84 bits per heavy atom.